The summed E-state index contributed by atoms with van der Waals surface area (Å²) < 4.78 is 32.9. The first-order chi connectivity index (χ1) is 8.80. The molecule has 0 N–H and O–H groups in total. The summed E-state index contributed by atoms with van der Waals surface area (Å²) in [7, 11) is -3.57. The summed E-state index contributed by atoms with van der Waals surface area (Å²) >= 11 is 9.30. The van der Waals surface area contributed by atoms with Crippen molar-refractivity contribution in [2.45, 2.75) is 31.0 Å². The molecule has 1 aliphatic heterocycles. The topological polar surface area (TPSA) is 46.6 Å². The van der Waals surface area contributed by atoms with Crippen molar-refractivity contribution in [1.29, 1.82) is 0 Å². The highest BCUT2D eigenvalue weighted by molar-refractivity contribution is 9.10. The summed E-state index contributed by atoms with van der Waals surface area (Å²) in [5.41, 5.74) is 0. The number of ether oxygens (including phenoxy) is 1. The van der Waals surface area contributed by atoms with Crippen molar-refractivity contribution in [3.05, 3.63) is 27.7 Å². The average molecular weight is 369 g/mol. The first kappa shape index (κ1) is 15.3. The molecule has 0 saturated carbocycles. The number of nitrogens with zero attached hydrogens (tertiary/aromatic N) is 1. The molecule has 7 heteroatoms. The van der Waals surface area contributed by atoms with Crippen molar-refractivity contribution >= 4 is 37.6 Å². The molecule has 4 nitrogen and oxygen atoms in total. The maximum atomic E-state index is 12.6. The van der Waals surface area contributed by atoms with Crippen LogP contribution in [0.4, 0.5) is 0 Å². The fourth-order valence-electron chi connectivity index (χ4n) is 2.15. The van der Waals surface area contributed by atoms with Crippen LogP contribution in [0, 0.1) is 0 Å². The Balaban J connectivity index is 2.36. The maximum Gasteiger partial charge on any atom is 0.244 e. The monoisotopic (exact) mass is 367 g/mol. The molecular formula is C12H15BrClNO3S. The molecule has 106 valence electrons. The van der Waals surface area contributed by atoms with E-state index in [1.165, 1.54) is 10.4 Å². The lowest BCUT2D eigenvalue weighted by molar-refractivity contribution is -0.0440. The largest absolute Gasteiger partial charge is 0.373 e. The molecule has 2 rings (SSSR count). The predicted molar refractivity (Wildman–Crippen MR) is 77.9 cm³/mol. The Bertz CT molecular complexity index is 568. The van der Waals surface area contributed by atoms with Gasteiger partial charge in [0.25, 0.3) is 0 Å². The lowest BCUT2D eigenvalue weighted by atomic mass is 10.3. The van der Waals surface area contributed by atoms with Crippen LogP contribution in [-0.2, 0) is 14.8 Å². The maximum absolute atomic E-state index is 12.6. The van der Waals surface area contributed by atoms with Crippen LogP contribution in [0.5, 0.6) is 0 Å². The van der Waals surface area contributed by atoms with Crippen LogP contribution in [-0.4, -0.2) is 38.0 Å². The Morgan fingerprint density at radius 3 is 2.42 bits per heavy atom. The number of hydrogen-bond donors (Lipinski definition) is 0. The molecule has 0 radical (unpaired) electrons. The Morgan fingerprint density at radius 2 is 1.89 bits per heavy atom. The van der Waals surface area contributed by atoms with Gasteiger partial charge in [-0.1, -0.05) is 27.5 Å². The molecule has 19 heavy (non-hydrogen) atoms. The minimum Gasteiger partial charge on any atom is -0.373 e. The van der Waals surface area contributed by atoms with E-state index in [0.717, 1.165) is 4.47 Å². The summed E-state index contributed by atoms with van der Waals surface area (Å²) in [4.78, 5) is 0.138. The first-order valence-corrected chi connectivity index (χ1v) is 8.52. The molecule has 0 spiro atoms. The zero-order valence-electron chi connectivity index (χ0n) is 10.6. The molecule has 2 unspecified atom stereocenters. The van der Waals surface area contributed by atoms with Gasteiger partial charge in [0, 0.05) is 17.6 Å². The molecule has 1 aromatic rings. The molecular weight excluding hydrogens is 354 g/mol. The van der Waals surface area contributed by atoms with Crippen LogP contribution in [0.15, 0.2) is 27.6 Å². The van der Waals surface area contributed by atoms with Gasteiger partial charge in [0.2, 0.25) is 10.0 Å². The van der Waals surface area contributed by atoms with Crippen LogP contribution in [0.25, 0.3) is 0 Å². The van der Waals surface area contributed by atoms with Gasteiger partial charge >= 0.3 is 0 Å². The Kier molecular flexibility index (Phi) is 4.57. The van der Waals surface area contributed by atoms with Gasteiger partial charge in [-0.25, -0.2) is 8.42 Å². The van der Waals surface area contributed by atoms with E-state index >= 15 is 0 Å². The SMILES string of the molecule is CC1CN(S(=O)(=O)c2ccc(Br)cc2Cl)CC(C)O1. The highest BCUT2D eigenvalue weighted by Crippen LogP contribution is 2.29. The quantitative estimate of drug-likeness (QED) is 0.806. The Labute approximate surface area is 126 Å². The fraction of sp³-hybridized carbons (Fsp3) is 0.500. The average Bonchev–Trinajstić information content (AvgIpc) is 2.26. The van der Waals surface area contributed by atoms with Crippen molar-refractivity contribution < 1.29 is 13.2 Å². The molecule has 0 aromatic heterocycles. The van der Waals surface area contributed by atoms with Gasteiger partial charge in [-0.15, -0.1) is 0 Å². The van der Waals surface area contributed by atoms with E-state index in [1.54, 1.807) is 12.1 Å². The van der Waals surface area contributed by atoms with Crippen molar-refractivity contribution in [1.82, 2.24) is 4.31 Å². The van der Waals surface area contributed by atoms with Gasteiger partial charge in [0.15, 0.2) is 0 Å². The molecule has 1 aliphatic rings. The molecule has 0 bridgehead atoms. The molecule has 2 atom stereocenters. The van der Waals surface area contributed by atoms with Crippen LogP contribution >= 0.6 is 27.5 Å². The van der Waals surface area contributed by atoms with Gasteiger partial charge in [-0.3, -0.25) is 0 Å². The third kappa shape index (κ3) is 3.31. The van der Waals surface area contributed by atoms with Crippen molar-refractivity contribution in [3.63, 3.8) is 0 Å². The minimum atomic E-state index is -3.57. The third-order valence-corrected chi connectivity index (χ3v) is 5.71. The first-order valence-electron chi connectivity index (χ1n) is 5.91. The Morgan fingerprint density at radius 1 is 1.32 bits per heavy atom. The normalized spacial score (nSPS) is 25.5. The van der Waals surface area contributed by atoms with E-state index in [-0.39, 0.29) is 22.1 Å². The van der Waals surface area contributed by atoms with Gasteiger partial charge < -0.3 is 4.74 Å². The van der Waals surface area contributed by atoms with Crippen LogP contribution < -0.4 is 0 Å². The standard InChI is InChI=1S/C12H15BrClNO3S/c1-8-6-15(7-9(2)18-8)19(16,17)12-4-3-10(13)5-11(12)14/h3-5,8-9H,6-7H2,1-2H3. The van der Waals surface area contributed by atoms with Crippen molar-refractivity contribution in [2.24, 2.45) is 0 Å². The lowest BCUT2D eigenvalue weighted by Crippen LogP contribution is -2.48. The number of halogens is 2. The van der Waals surface area contributed by atoms with Gasteiger partial charge in [-0.05, 0) is 32.0 Å². The summed E-state index contributed by atoms with van der Waals surface area (Å²) in [5, 5.41) is 0.223. The zero-order chi connectivity index (χ0) is 14.2. The van der Waals surface area contributed by atoms with Crippen LogP contribution in [0.3, 0.4) is 0 Å². The van der Waals surface area contributed by atoms with Gasteiger partial charge in [0.05, 0.1) is 17.2 Å². The van der Waals surface area contributed by atoms with Crippen LogP contribution in [0.2, 0.25) is 5.02 Å². The Hall–Kier alpha value is -0.140. The molecule has 1 aromatic carbocycles. The second kappa shape index (κ2) is 5.69. The number of rotatable bonds is 2. The van der Waals surface area contributed by atoms with Crippen molar-refractivity contribution in [2.75, 3.05) is 13.1 Å². The predicted octanol–water partition coefficient (Wildman–Crippen LogP) is 2.90. The molecule has 1 fully saturated rings. The fourth-order valence-corrected chi connectivity index (χ4v) is 4.75. The molecule has 1 heterocycles. The number of morpholine rings is 1. The highest BCUT2D eigenvalue weighted by atomic mass is 79.9. The van der Waals surface area contributed by atoms with E-state index in [9.17, 15) is 8.42 Å². The highest BCUT2D eigenvalue weighted by Gasteiger charge is 2.33. The second-order valence-corrected chi connectivity index (χ2v) is 7.88. The lowest BCUT2D eigenvalue weighted by Gasteiger charge is -2.34. The summed E-state index contributed by atoms with van der Waals surface area (Å²) in [5.74, 6) is 0. The van der Waals surface area contributed by atoms with Gasteiger partial charge in [-0.2, -0.15) is 4.31 Å². The number of sulfonamides is 1. The van der Waals surface area contributed by atoms with E-state index in [0.29, 0.717) is 13.1 Å². The molecule has 1 saturated heterocycles. The number of hydrogen-bond acceptors (Lipinski definition) is 3. The van der Waals surface area contributed by atoms with Gasteiger partial charge in [0.1, 0.15) is 4.90 Å². The smallest absolute Gasteiger partial charge is 0.244 e. The van der Waals surface area contributed by atoms with E-state index in [4.69, 9.17) is 16.3 Å². The van der Waals surface area contributed by atoms with Crippen molar-refractivity contribution in [3.8, 4) is 0 Å². The zero-order valence-corrected chi connectivity index (χ0v) is 13.8. The van der Waals surface area contributed by atoms with E-state index in [2.05, 4.69) is 15.9 Å². The second-order valence-electron chi connectivity index (χ2n) is 4.65. The summed E-state index contributed by atoms with van der Waals surface area (Å²) in [6, 6.07) is 4.78. The number of benzene rings is 1. The molecule has 0 amide bonds. The summed E-state index contributed by atoms with van der Waals surface area (Å²) in [6.45, 7) is 4.42. The van der Waals surface area contributed by atoms with E-state index in [1.807, 2.05) is 13.8 Å². The van der Waals surface area contributed by atoms with Crippen LogP contribution in [0.1, 0.15) is 13.8 Å². The minimum absolute atomic E-state index is 0.118. The third-order valence-electron chi connectivity index (χ3n) is 2.90. The summed E-state index contributed by atoms with van der Waals surface area (Å²) in [6.07, 6.45) is -0.236. The van der Waals surface area contributed by atoms with E-state index < -0.39 is 10.0 Å². The molecule has 0 aliphatic carbocycles.